The van der Waals surface area contributed by atoms with Gasteiger partial charge in [0.05, 0.1) is 0 Å². The number of carbonyl (C=O) groups is 1. The van der Waals surface area contributed by atoms with Crippen molar-refractivity contribution in [1.29, 1.82) is 0 Å². The number of hydrogen-bond acceptors (Lipinski definition) is 5. The first kappa shape index (κ1) is 19.5. The first-order chi connectivity index (χ1) is 13.5. The Morgan fingerprint density at radius 3 is 1.86 bits per heavy atom. The molecule has 2 heterocycles. The number of amides is 1. The molecule has 28 heavy (non-hydrogen) atoms. The van der Waals surface area contributed by atoms with E-state index in [1.165, 1.54) is 0 Å². The van der Waals surface area contributed by atoms with Crippen molar-refractivity contribution >= 4 is 11.6 Å². The minimum absolute atomic E-state index is 0.384. The number of anilines is 1. The van der Waals surface area contributed by atoms with Crippen LogP contribution in [-0.2, 0) is 17.9 Å². The summed E-state index contributed by atoms with van der Waals surface area (Å²) in [4.78, 5) is 24.9. The molecule has 6 heteroatoms. The molecule has 144 valence electrons. The Hall–Kier alpha value is -3.25. The van der Waals surface area contributed by atoms with Crippen molar-refractivity contribution in [2.75, 3.05) is 19.0 Å². The lowest BCUT2D eigenvalue weighted by molar-refractivity contribution is -0.124. The Morgan fingerprint density at radius 1 is 0.929 bits per heavy atom. The second-order valence-electron chi connectivity index (χ2n) is 6.92. The second kappa shape index (κ2) is 9.10. The van der Waals surface area contributed by atoms with Gasteiger partial charge in [0, 0.05) is 57.7 Å². The van der Waals surface area contributed by atoms with Gasteiger partial charge in [0.2, 0.25) is 5.91 Å². The van der Waals surface area contributed by atoms with Gasteiger partial charge in [-0.15, -0.1) is 0 Å². The van der Waals surface area contributed by atoms with E-state index in [9.17, 15) is 4.79 Å². The van der Waals surface area contributed by atoms with E-state index >= 15 is 0 Å². The molecule has 2 N–H and O–H groups in total. The first-order valence-electron chi connectivity index (χ1n) is 9.13. The Labute approximate surface area is 165 Å². The van der Waals surface area contributed by atoms with Gasteiger partial charge in [-0.1, -0.05) is 24.3 Å². The Kier molecular flexibility index (Phi) is 6.34. The molecule has 1 atom stereocenters. The fourth-order valence-electron chi connectivity index (χ4n) is 3.20. The predicted octanol–water partition coefficient (Wildman–Crippen LogP) is 2.77. The third-order valence-electron chi connectivity index (χ3n) is 4.58. The fourth-order valence-corrected chi connectivity index (χ4v) is 3.20. The monoisotopic (exact) mass is 375 g/mol. The van der Waals surface area contributed by atoms with E-state index < -0.39 is 6.04 Å². The lowest BCUT2D eigenvalue weighted by atomic mass is 10.0. The van der Waals surface area contributed by atoms with Gasteiger partial charge in [-0.2, -0.15) is 0 Å². The molecular weight excluding hydrogens is 350 g/mol. The number of aromatic nitrogens is 2. The topological polar surface area (TPSA) is 75.3 Å². The summed E-state index contributed by atoms with van der Waals surface area (Å²) >= 11 is 0. The zero-order chi connectivity index (χ0) is 19.9. The molecule has 0 spiro atoms. The van der Waals surface area contributed by atoms with Crippen molar-refractivity contribution in [3.8, 4) is 0 Å². The summed E-state index contributed by atoms with van der Waals surface area (Å²) in [5.74, 6) is -0.384. The summed E-state index contributed by atoms with van der Waals surface area (Å²) in [6.07, 6.45) is 7.09. The fraction of sp³-hybridized carbons (Fsp3) is 0.227. The van der Waals surface area contributed by atoms with Crippen molar-refractivity contribution < 1.29 is 4.79 Å². The quantitative estimate of drug-likeness (QED) is 0.655. The van der Waals surface area contributed by atoms with E-state index in [2.05, 4.69) is 14.9 Å². The van der Waals surface area contributed by atoms with Crippen LogP contribution in [0.25, 0.3) is 0 Å². The van der Waals surface area contributed by atoms with Gasteiger partial charge in [0.25, 0.3) is 0 Å². The van der Waals surface area contributed by atoms with Gasteiger partial charge in [-0.05, 0) is 41.0 Å². The van der Waals surface area contributed by atoms with Gasteiger partial charge in [0.15, 0.2) is 0 Å². The van der Waals surface area contributed by atoms with Crippen LogP contribution in [0, 0.1) is 0 Å². The molecule has 3 aromatic rings. The SMILES string of the molecule is CN(C)c1ccc(C(C(N)=O)N(Cc2cccnc2)Cc2cccnc2)cc1. The summed E-state index contributed by atoms with van der Waals surface area (Å²) in [6, 6.07) is 15.1. The molecule has 1 amide bonds. The Bertz CT molecular complexity index is 840. The lowest BCUT2D eigenvalue weighted by Gasteiger charge is -2.30. The Morgan fingerprint density at radius 2 is 1.46 bits per heavy atom. The van der Waals surface area contributed by atoms with E-state index in [0.717, 1.165) is 22.4 Å². The van der Waals surface area contributed by atoms with Crippen LogP contribution in [0.2, 0.25) is 0 Å². The molecule has 0 aliphatic rings. The molecule has 6 nitrogen and oxygen atoms in total. The predicted molar refractivity (Wildman–Crippen MR) is 110 cm³/mol. The molecule has 2 aromatic heterocycles. The van der Waals surface area contributed by atoms with E-state index in [-0.39, 0.29) is 5.91 Å². The third kappa shape index (κ3) is 4.92. The zero-order valence-corrected chi connectivity index (χ0v) is 16.2. The van der Waals surface area contributed by atoms with Crippen LogP contribution >= 0.6 is 0 Å². The first-order valence-corrected chi connectivity index (χ1v) is 9.13. The van der Waals surface area contributed by atoms with Gasteiger partial charge in [0.1, 0.15) is 6.04 Å². The largest absolute Gasteiger partial charge is 0.378 e. The van der Waals surface area contributed by atoms with Crippen LogP contribution in [0.5, 0.6) is 0 Å². The van der Waals surface area contributed by atoms with E-state index in [4.69, 9.17) is 5.73 Å². The lowest BCUT2D eigenvalue weighted by Crippen LogP contribution is -2.37. The molecule has 0 saturated carbocycles. The molecular formula is C22H25N5O. The number of benzene rings is 1. The van der Waals surface area contributed by atoms with Crippen molar-refractivity contribution in [2.24, 2.45) is 5.73 Å². The third-order valence-corrected chi connectivity index (χ3v) is 4.58. The number of rotatable bonds is 8. The summed E-state index contributed by atoms with van der Waals surface area (Å²) in [6.45, 7) is 1.09. The second-order valence-corrected chi connectivity index (χ2v) is 6.92. The number of nitrogens with zero attached hydrogens (tertiary/aromatic N) is 4. The molecule has 0 fully saturated rings. The normalized spacial score (nSPS) is 12.0. The number of hydrogen-bond donors (Lipinski definition) is 1. The maximum atomic E-state index is 12.5. The molecule has 0 aliphatic carbocycles. The number of nitrogens with two attached hydrogens (primary N) is 1. The minimum Gasteiger partial charge on any atom is -0.378 e. The highest BCUT2D eigenvalue weighted by Crippen LogP contribution is 2.26. The van der Waals surface area contributed by atoms with Crippen LogP contribution in [0.3, 0.4) is 0 Å². The summed E-state index contributed by atoms with van der Waals surface area (Å²) in [5.41, 5.74) is 9.82. The van der Waals surface area contributed by atoms with Crippen molar-refractivity contribution in [3.63, 3.8) is 0 Å². The van der Waals surface area contributed by atoms with Gasteiger partial charge in [-0.3, -0.25) is 19.7 Å². The van der Waals surface area contributed by atoms with E-state index in [1.54, 1.807) is 12.4 Å². The Balaban J connectivity index is 1.95. The van der Waals surface area contributed by atoms with Crippen molar-refractivity contribution in [1.82, 2.24) is 14.9 Å². The highest BCUT2D eigenvalue weighted by Gasteiger charge is 2.26. The van der Waals surface area contributed by atoms with Gasteiger partial charge in [-0.25, -0.2) is 0 Å². The summed E-state index contributed by atoms with van der Waals surface area (Å²) < 4.78 is 0. The van der Waals surface area contributed by atoms with Gasteiger partial charge >= 0.3 is 0 Å². The highest BCUT2D eigenvalue weighted by molar-refractivity contribution is 5.81. The maximum absolute atomic E-state index is 12.5. The van der Waals surface area contributed by atoms with Gasteiger partial charge < -0.3 is 10.6 Å². The van der Waals surface area contributed by atoms with Crippen LogP contribution in [0.4, 0.5) is 5.69 Å². The van der Waals surface area contributed by atoms with E-state index in [1.807, 2.05) is 79.9 Å². The molecule has 3 rings (SSSR count). The van der Waals surface area contributed by atoms with Crippen LogP contribution in [-0.4, -0.2) is 34.9 Å². The molecule has 0 radical (unpaired) electrons. The average Bonchev–Trinajstić information content (AvgIpc) is 2.70. The smallest absolute Gasteiger partial charge is 0.239 e. The van der Waals surface area contributed by atoms with Crippen molar-refractivity contribution in [2.45, 2.75) is 19.1 Å². The zero-order valence-electron chi connectivity index (χ0n) is 16.2. The molecule has 0 aliphatic heterocycles. The van der Waals surface area contributed by atoms with Crippen molar-refractivity contribution in [3.05, 3.63) is 90.0 Å². The van der Waals surface area contributed by atoms with Crippen LogP contribution < -0.4 is 10.6 Å². The van der Waals surface area contributed by atoms with E-state index in [0.29, 0.717) is 13.1 Å². The number of primary amides is 1. The minimum atomic E-state index is -0.559. The molecule has 0 saturated heterocycles. The summed E-state index contributed by atoms with van der Waals surface area (Å²) in [5, 5.41) is 0. The summed E-state index contributed by atoms with van der Waals surface area (Å²) in [7, 11) is 3.97. The number of pyridine rings is 2. The average molecular weight is 375 g/mol. The highest BCUT2D eigenvalue weighted by atomic mass is 16.1. The van der Waals surface area contributed by atoms with Crippen LogP contribution in [0.1, 0.15) is 22.7 Å². The molecule has 0 bridgehead atoms. The standard InChI is InChI=1S/C22H25N5O/c1-26(2)20-9-7-19(8-10-20)21(22(23)28)27(15-17-5-3-11-24-13-17)16-18-6-4-12-25-14-18/h3-14,21H,15-16H2,1-2H3,(H2,23,28). The van der Waals surface area contributed by atoms with Crippen LogP contribution in [0.15, 0.2) is 73.3 Å². The number of carbonyl (C=O) groups excluding carboxylic acids is 1. The molecule has 1 aromatic carbocycles. The maximum Gasteiger partial charge on any atom is 0.239 e. The molecule has 1 unspecified atom stereocenters.